The molecule has 0 spiro atoms. The topological polar surface area (TPSA) is 84.9 Å². The molecule has 2 saturated heterocycles. The summed E-state index contributed by atoms with van der Waals surface area (Å²) in [6.07, 6.45) is -2.28. The first-order valence-corrected chi connectivity index (χ1v) is 19.0. The molecule has 0 saturated carbocycles. The van der Waals surface area contributed by atoms with Crippen molar-refractivity contribution in [3.8, 4) is 0 Å². The van der Waals surface area contributed by atoms with Crippen LogP contribution >= 0.6 is 0 Å². The van der Waals surface area contributed by atoms with E-state index in [9.17, 15) is 4.79 Å². The van der Waals surface area contributed by atoms with E-state index >= 15 is 0 Å². The van der Waals surface area contributed by atoms with Crippen LogP contribution in [-0.4, -0.2) is 65.5 Å². The Balaban J connectivity index is 1.33. The number of nitrogens with zero attached hydrogens (tertiary/aromatic N) is 1. The van der Waals surface area contributed by atoms with Gasteiger partial charge in [0.15, 0.2) is 6.29 Å². The Hall–Kier alpha value is -3.93. The van der Waals surface area contributed by atoms with Crippen molar-refractivity contribution in [2.45, 2.75) is 122 Å². The molecular weight excluding hydrogens is 682 g/mol. The van der Waals surface area contributed by atoms with Crippen molar-refractivity contribution < 1.29 is 38.1 Å². The Bertz CT molecular complexity index is 1690. The van der Waals surface area contributed by atoms with E-state index in [4.69, 9.17) is 33.3 Å². The summed E-state index contributed by atoms with van der Waals surface area (Å²) in [6.45, 7) is 11.4. The number of carbonyl (C=O) groups is 1. The van der Waals surface area contributed by atoms with Crippen molar-refractivity contribution >= 4 is 5.97 Å². The monoisotopic (exact) mass is 737 g/mol. The van der Waals surface area contributed by atoms with E-state index in [1.165, 1.54) is 6.92 Å². The summed E-state index contributed by atoms with van der Waals surface area (Å²) in [6, 6.07) is 40.4. The van der Waals surface area contributed by atoms with Crippen LogP contribution in [0.3, 0.4) is 0 Å². The zero-order valence-corrected chi connectivity index (χ0v) is 32.2. The van der Waals surface area contributed by atoms with Gasteiger partial charge in [-0.2, -0.15) is 0 Å². The van der Waals surface area contributed by atoms with Crippen molar-refractivity contribution in [3.63, 3.8) is 0 Å². The van der Waals surface area contributed by atoms with E-state index < -0.39 is 41.8 Å². The largest absolute Gasteiger partial charge is 0.374 e. The lowest BCUT2D eigenvalue weighted by Crippen LogP contribution is -2.65. The third kappa shape index (κ3) is 10.9. The highest BCUT2D eigenvalue weighted by Gasteiger charge is 2.53. The molecule has 2 aliphatic rings. The van der Waals surface area contributed by atoms with Gasteiger partial charge in [0.2, 0.25) is 0 Å². The van der Waals surface area contributed by atoms with Gasteiger partial charge in [-0.1, -0.05) is 121 Å². The highest BCUT2D eigenvalue weighted by atomic mass is 16.7. The molecule has 2 aliphatic heterocycles. The van der Waals surface area contributed by atoms with Crippen LogP contribution in [0.1, 0.15) is 69.7 Å². The highest BCUT2D eigenvalue weighted by molar-refractivity contribution is 5.65. The second-order valence-corrected chi connectivity index (χ2v) is 15.5. The first kappa shape index (κ1) is 39.8. The molecule has 4 aromatic carbocycles. The van der Waals surface area contributed by atoms with E-state index in [0.29, 0.717) is 39.3 Å². The molecule has 54 heavy (non-hydrogen) atoms. The van der Waals surface area contributed by atoms with Crippen molar-refractivity contribution in [2.24, 2.45) is 0 Å². The summed E-state index contributed by atoms with van der Waals surface area (Å²) in [5.41, 5.74) is 3.11. The lowest BCUT2D eigenvalue weighted by molar-refractivity contribution is -0.348. The Morgan fingerprint density at radius 1 is 0.611 bits per heavy atom. The highest BCUT2D eigenvalue weighted by Crippen LogP contribution is 2.42. The van der Waals surface area contributed by atoms with Gasteiger partial charge >= 0.3 is 5.97 Å². The maximum absolute atomic E-state index is 12.1. The lowest BCUT2D eigenvalue weighted by atomic mass is 9.80. The Morgan fingerprint density at radius 3 is 1.46 bits per heavy atom. The summed E-state index contributed by atoms with van der Waals surface area (Å²) in [5, 5.41) is 1.81. The normalized spacial score (nSPS) is 24.2. The molecule has 0 aromatic heterocycles. The van der Waals surface area contributed by atoms with Crippen LogP contribution in [0.4, 0.5) is 0 Å². The number of rotatable bonds is 16. The molecule has 9 heteroatoms. The van der Waals surface area contributed by atoms with Gasteiger partial charge in [0, 0.05) is 6.92 Å². The van der Waals surface area contributed by atoms with E-state index in [1.54, 1.807) is 0 Å². The number of piperidine rings is 1. The van der Waals surface area contributed by atoms with Crippen molar-refractivity contribution in [1.82, 2.24) is 5.06 Å². The number of hydrogen-bond acceptors (Lipinski definition) is 9. The van der Waals surface area contributed by atoms with Gasteiger partial charge < -0.3 is 33.3 Å². The van der Waals surface area contributed by atoms with Crippen molar-refractivity contribution in [1.29, 1.82) is 0 Å². The molecule has 0 N–H and O–H groups in total. The average Bonchev–Trinajstić information content (AvgIpc) is 3.16. The predicted molar refractivity (Wildman–Crippen MR) is 206 cm³/mol. The number of hydroxylamine groups is 2. The maximum atomic E-state index is 12.1. The van der Waals surface area contributed by atoms with Crippen molar-refractivity contribution in [3.05, 3.63) is 144 Å². The zero-order chi connectivity index (χ0) is 38.0. The summed E-state index contributed by atoms with van der Waals surface area (Å²) < 4.78 is 40.9. The molecule has 0 amide bonds. The van der Waals surface area contributed by atoms with E-state index in [1.807, 2.05) is 114 Å². The van der Waals surface area contributed by atoms with Crippen LogP contribution in [0.25, 0.3) is 0 Å². The van der Waals surface area contributed by atoms with Gasteiger partial charge in [0.1, 0.15) is 24.4 Å². The first-order chi connectivity index (χ1) is 26.1. The fraction of sp³-hybridized carbons (Fsp3) is 0.444. The molecule has 288 valence electrons. The van der Waals surface area contributed by atoms with Crippen LogP contribution in [-0.2, 0) is 64.5 Å². The fourth-order valence-corrected chi connectivity index (χ4v) is 7.69. The second kappa shape index (κ2) is 18.6. The minimum absolute atomic E-state index is 0.243. The quantitative estimate of drug-likeness (QED) is 0.113. The molecule has 6 rings (SSSR count). The second-order valence-electron chi connectivity index (χ2n) is 15.5. The molecular formula is C45H55NO8. The molecule has 2 fully saturated rings. The van der Waals surface area contributed by atoms with Crippen LogP contribution in [0.15, 0.2) is 121 Å². The Morgan fingerprint density at radius 2 is 1.02 bits per heavy atom. The van der Waals surface area contributed by atoms with Crippen LogP contribution in [0, 0.1) is 0 Å². The summed E-state index contributed by atoms with van der Waals surface area (Å²) >= 11 is 0. The van der Waals surface area contributed by atoms with Crippen molar-refractivity contribution in [2.75, 3.05) is 6.61 Å². The lowest BCUT2D eigenvalue weighted by Gasteiger charge is -2.53. The molecule has 9 nitrogen and oxygen atoms in total. The number of ether oxygens (including phenoxy) is 6. The minimum Gasteiger partial charge on any atom is -0.374 e. The Labute approximate surface area is 320 Å². The number of hydrogen-bond donors (Lipinski definition) is 0. The molecule has 0 unspecified atom stereocenters. The molecule has 0 bridgehead atoms. The van der Waals surface area contributed by atoms with Gasteiger partial charge in [-0.15, -0.1) is 5.06 Å². The fourth-order valence-electron chi connectivity index (χ4n) is 7.69. The van der Waals surface area contributed by atoms with E-state index in [2.05, 4.69) is 39.8 Å². The van der Waals surface area contributed by atoms with Crippen LogP contribution in [0.2, 0.25) is 0 Å². The maximum Gasteiger partial charge on any atom is 0.322 e. The summed E-state index contributed by atoms with van der Waals surface area (Å²) in [4.78, 5) is 17.9. The third-order valence-electron chi connectivity index (χ3n) is 9.94. The predicted octanol–water partition coefficient (Wildman–Crippen LogP) is 8.20. The summed E-state index contributed by atoms with van der Waals surface area (Å²) in [7, 11) is 0. The van der Waals surface area contributed by atoms with Gasteiger partial charge in [0.05, 0.1) is 50.2 Å². The van der Waals surface area contributed by atoms with Gasteiger partial charge in [-0.05, 0) is 62.8 Å². The minimum atomic E-state index is -0.826. The molecule has 4 aromatic rings. The van der Waals surface area contributed by atoms with Gasteiger partial charge in [0.25, 0.3) is 0 Å². The smallest absolute Gasteiger partial charge is 0.322 e. The number of benzene rings is 4. The first-order valence-electron chi connectivity index (χ1n) is 19.0. The molecule has 0 radical (unpaired) electrons. The van der Waals surface area contributed by atoms with Crippen LogP contribution in [0.5, 0.6) is 0 Å². The summed E-state index contributed by atoms with van der Waals surface area (Å²) in [5.74, 6) is -0.348. The molecule has 2 heterocycles. The van der Waals surface area contributed by atoms with E-state index in [0.717, 1.165) is 22.3 Å². The van der Waals surface area contributed by atoms with Crippen LogP contribution < -0.4 is 0 Å². The third-order valence-corrected chi connectivity index (χ3v) is 9.94. The molecule has 0 aliphatic carbocycles. The average molecular weight is 738 g/mol. The molecule has 5 atom stereocenters. The van der Waals surface area contributed by atoms with E-state index in [-0.39, 0.29) is 18.7 Å². The Kier molecular flexibility index (Phi) is 13.7. The van der Waals surface area contributed by atoms with Gasteiger partial charge in [-0.3, -0.25) is 4.79 Å². The standard InChI is InChI=1S/C45H55NO8/c1-33(47)54-46-44(2,3)26-38(27-45(46,4)5)52-43-42(51-31-37-24-16-9-17-25-37)41(50-30-36-22-14-8-15-23-36)40(49-29-35-20-12-7-13-21-35)39(53-43)32-48-28-34-18-10-6-11-19-34/h6-25,38-43H,26-32H2,1-5H3/t39-,40-,41+,42-,43-/m1/s1. The zero-order valence-electron chi connectivity index (χ0n) is 32.2. The SMILES string of the molecule is CC(=O)ON1C(C)(C)CC(O[C@@H]2O[C@H](COCc3ccccc3)[C@@H](OCc3ccccc3)[C@H](OCc3ccccc3)[C@H]2OCc2ccccc2)CC1(C)C. The number of carbonyl (C=O) groups excluding carboxylic acids is 1. The van der Waals surface area contributed by atoms with Gasteiger partial charge in [-0.25, -0.2) is 0 Å².